The van der Waals surface area contributed by atoms with Gasteiger partial charge in [0.25, 0.3) is 0 Å². The number of allylic oxidation sites excluding steroid dienone is 3. The smallest absolute Gasteiger partial charge is 0.106 e. The summed E-state index contributed by atoms with van der Waals surface area (Å²) in [6, 6.07) is 9.97. The second kappa shape index (κ2) is 3.73. The van der Waals surface area contributed by atoms with Crippen LogP contribution < -0.4 is 5.73 Å². The van der Waals surface area contributed by atoms with Crippen molar-refractivity contribution in [2.24, 2.45) is 5.73 Å². The van der Waals surface area contributed by atoms with Gasteiger partial charge in [-0.2, -0.15) is 0 Å². The molecule has 1 aliphatic rings. The molecule has 0 fully saturated rings. The first-order valence-electron chi connectivity index (χ1n) is 5.00. The molecule has 0 amide bonds. The fraction of sp³-hybridized carbons (Fsp3) is 0.154. The lowest BCUT2D eigenvalue weighted by Gasteiger charge is -2.30. The van der Waals surface area contributed by atoms with Crippen molar-refractivity contribution in [1.29, 1.82) is 5.41 Å². The molecule has 1 aromatic carbocycles. The molecule has 15 heavy (non-hydrogen) atoms. The van der Waals surface area contributed by atoms with Gasteiger partial charge >= 0.3 is 0 Å². The summed E-state index contributed by atoms with van der Waals surface area (Å²) in [5.41, 5.74) is 6.38. The average molecular weight is 198 g/mol. The summed E-state index contributed by atoms with van der Waals surface area (Å²) in [7, 11) is 0. The first-order valence-corrected chi connectivity index (χ1v) is 5.00. The first kappa shape index (κ1) is 9.71. The van der Waals surface area contributed by atoms with E-state index in [1.807, 2.05) is 48.6 Å². The van der Waals surface area contributed by atoms with E-state index in [9.17, 15) is 0 Å². The maximum atomic E-state index is 7.77. The summed E-state index contributed by atoms with van der Waals surface area (Å²) in [5.74, 6) is 0.203. The minimum atomic E-state index is -0.435. The lowest BCUT2D eigenvalue weighted by atomic mass is 9.74. The molecule has 2 nitrogen and oxygen atoms in total. The van der Waals surface area contributed by atoms with Gasteiger partial charge in [-0.25, -0.2) is 0 Å². The molecule has 1 unspecified atom stereocenters. The van der Waals surface area contributed by atoms with E-state index in [4.69, 9.17) is 11.1 Å². The molecule has 0 bridgehead atoms. The quantitative estimate of drug-likeness (QED) is 0.556. The van der Waals surface area contributed by atoms with Crippen molar-refractivity contribution >= 4 is 5.84 Å². The fourth-order valence-corrected chi connectivity index (χ4v) is 1.93. The zero-order valence-corrected chi connectivity index (χ0v) is 8.48. The van der Waals surface area contributed by atoms with E-state index in [0.29, 0.717) is 0 Å². The number of hydrogen-bond donors (Lipinski definition) is 2. The van der Waals surface area contributed by atoms with Gasteiger partial charge in [-0.1, -0.05) is 54.6 Å². The van der Waals surface area contributed by atoms with Crippen LogP contribution in [0.3, 0.4) is 0 Å². The third-order valence-electron chi connectivity index (χ3n) is 2.84. The molecule has 0 aliphatic heterocycles. The van der Waals surface area contributed by atoms with Crippen LogP contribution in [0.1, 0.15) is 12.0 Å². The van der Waals surface area contributed by atoms with Crippen LogP contribution >= 0.6 is 0 Å². The molecular weight excluding hydrogens is 184 g/mol. The van der Waals surface area contributed by atoms with Crippen LogP contribution in [0.2, 0.25) is 0 Å². The molecule has 0 aromatic heterocycles. The molecule has 0 saturated heterocycles. The SMILES string of the molecule is N=C(N)C1(c2ccccc2)C=CC=CC1. The summed E-state index contributed by atoms with van der Waals surface area (Å²) >= 11 is 0. The van der Waals surface area contributed by atoms with E-state index < -0.39 is 5.41 Å². The Bertz CT molecular complexity index is 417. The van der Waals surface area contributed by atoms with Crippen LogP contribution in [0.25, 0.3) is 0 Å². The molecule has 1 aromatic rings. The topological polar surface area (TPSA) is 49.9 Å². The normalized spacial score (nSPS) is 24.0. The molecular formula is C13H14N2. The number of amidine groups is 1. The fourth-order valence-electron chi connectivity index (χ4n) is 1.93. The van der Waals surface area contributed by atoms with Crippen molar-refractivity contribution in [3.63, 3.8) is 0 Å². The summed E-state index contributed by atoms with van der Waals surface area (Å²) in [6.07, 6.45) is 8.77. The number of rotatable bonds is 2. The van der Waals surface area contributed by atoms with Gasteiger partial charge in [0.05, 0.1) is 5.41 Å². The summed E-state index contributed by atoms with van der Waals surface area (Å²) in [4.78, 5) is 0. The van der Waals surface area contributed by atoms with E-state index >= 15 is 0 Å². The number of nitrogens with one attached hydrogen (secondary N) is 1. The second-order valence-electron chi connectivity index (χ2n) is 3.74. The Morgan fingerprint density at radius 2 is 1.93 bits per heavy atom. The van der Waals surface area contributed by atoms with Gasteiger partial charge in [0, 0.05) is 0 Å². The Balaban J connectivity index is 2.49. The third-order valence-corrected chi connectivity index (χ3v) is 2.84. The highest BCUT2D eigenvalue weighted by atomic mass is 14.7. The Hall–Kier alpha value is -1.83. The van der Waals surface area contributed by atoms with Crippen LogP contribution in [0.15, 0.2) is 54.6 Å². The Kier molecular flexibility index (Phi) is 2.42. The summed E-state index contributed by atoms with van der Waals surface area (Å²) in [5, 5.41) is 7.77. The molecule has 3 N–H and O–H groups in total. The molecule has 2 rings (SSSR count). The van der Waals surface area contributed by atoms with Crippen molar-refractivity contribution in [2.45, 2.75) is 11.8 Å². The van der Waals surface area contributed by atoms with E-state index in [1.165, 1.54) is 0 Å². The Morgan fingerprint density at radius 3 is 2.47 bits per heavy atom. The monoisotopic (exact) mass is 198 g/mol. The van der Waals surface area contributed by atoms with Crippen molar-refractivity contribution in [3.8, 4) is 0 Å². The maximum absolute atomic E-state index is 7.77. The van der Waals surface area contributed by atoms with Gasteiger partial charge < -0.3 is 5.73 Å². The number of benzene rings is 1. The van der Waals surface area contributed by atoms with Gasteiger partial charge in [-0.15, -0.1) is 0 Å². The van der Waals surface area contributed by atoms with Gasteiger partial charge in [0.1, 0.15) is 5.84 Å². The average Bonchev–Trinajstić information content (AvgIpc) is 2.31. The van der Waals surface area contributed by atoms with Crippen molar-refractivity contribution in [1.82, 2.24) is 0 Å². The van der Waals surface area contributed by atoms with E-state index in [2.05, 4.69) is 6.08 Å². The summed E-state index contributed by atoms with van der Waals surface area (Å²) < 4.78 is 0. The predicted octanol–water partition coefficient (Wildman–Crippen LogP) is 2.38. The lowest BCUT2D eigenvalue weighted by Crippen LogP contribution is -2.39. The zero-order valence-electron chi connectivity index (χ0n) is 8.48. The zero-order chi connectivity index (χ0) is 10.7. The van der Waals surface area contributed by atoms with Gasteiger partial charge in [-0.05, 0) is 12.0 Å². The van der Waals surface area contributed by atoms with Crippen LogP contribution in [0.4, 0.5) is 0 Å². The maximum Gasteiger partial charge on any atom is 0.106 e. The number of nitrogens with two attached hydrogens (primary N) is 1. The third kappa shape index (κ3) is 1.59. The van der Waals surface area contributed by atoms with Crippen molar-refractivity contribution in [2.75, 3.05) is 0 Å². The van der Waals surface area contributed by atoms with Crippen molar-refractivity contribution in [3.05, 3.63) is 60.2 Å². The van der Waals surface area contributed by atoms with Gasteiger partial charge in [0.15, 0.2) is 0 Å². The molecule has 0 spiro atoms. The van der Waals surface area contributed by atoms with E-state index in [1.54, 1.807) is 0 Å². The second-order valence-corrected chi connectivity index (χ2v) is 3.74. The summed E-state index contributed by atoms with van der Waals surface area (Å²) in [6.45, 7) is 0. The molecule has 2 heteroatoms. The molecule has 0 saturated carbocycles. The standard InChI is InChI=1S/C13H14N2/c14-12(15)13(9-5-2-6-10-13)11-7-3-1-4-8-11/h1-9H,10H2,(H3,14,15). The van der Waals surface area contributed by atoms with Crippen LogP contribution in [0.5, 0.6) is 0 Å². The number of hydrogen-bond acceptors (Lipinski definition) is 1. The minimum Gasteiger partial charge on any atom is -0.387 e. The highest BCUT2D eigenvalue weighted by molar-refractivity contribution is 5.92. The molecule has 0 heterocycles. The molecule has 1 atom stereocenters. The van der Waals surface area contributed by atoms with Crippen molar-refractivity contribution < 1.29 is 0 Å². The largest absolute Gasteiger partial charge is 0.387 e. The minimum absolute atomic E-state index is 0.203. The lowest BCUT2D eigenvalue weighted by molar-refractivity contribution is 0.707. The highest BCUT2D eigenvalue weighted by Gasteiger charge is 2.32. The molecule has 0 radical (unpaired) electrons. The van der Waals surface area contributed by atoms with Gasteiger partial charge in [-0.3, -0.25) is 5.41 Å². The molecule has 1 aliphatic carbocycles. The van der Waals surface area contributed by atoms with Crippen LogP contribution in [0, 0.1) is 5.41 Å². The highest BCUT2D eigenvalue weighted by Crippen LogP contribution is 2.32. The van der Waals surface area contributed by atoms with Crippen LogP contribution in [-0.2, 0) is 5.41 Å². The Labute approximate surface area is 89.6 Å². The first-order chi connectivity index (χ1) is 7.26. The predicted molar refractivity (Wildman–Crippen MR) is 62.9 cm³/mol. The molecule has 76 valence electrons. The van der Waals surface area contributed by atoms with E-state index in [-0.39, 0.29) is 5.84 Å². The van der Waals surface area contributed by atoms with Crippen LogP contribution in [-0.4, -0.2) is 5.84 Å². The van der Waals surface area contributed by atoms with Gasteiger partial charge in [0.2, 0.25) is 0 Å². The van der Waals surface area contributed by atoms with E-state index in [0.717, 1.165) is 12.0 Å². The Morgan fingerprint density at radius 1 is 1.20 bits per heavy atom.